The molecule has 0 spiro atoms. The number of pyridine rings is 1. The summed E-state index contributed by atoms with van der Waals surface area (Å²) in [5.74, 6) is -0.507. The van der Waals surface area contributed by atoms with Gasteiger partial charge in [-0.3, -0.25) is 4.98 Å². The van der Waals surface area contributed by atoms with Crippen molar-refractivity contribution in [3.63, 3.8) is 0 Å². The monoisotopic (exact) mass is 208 g/mol. The molecule has 0 atom stereocenters. The van der Waals surface area contributed by atoms with Crippen molar-refractivity contribution in [3.05, 3.63) is 18.0 Å². The summed E-state index contributed by atoms with van der Waals surface area (Å²) >= 11 is 0. The summed E-state index contributed by atoms with van der Waals surface area (Å²) in [4.78, 5) is 3.48. The molecule has 0 fully saturated rings. The van der Waals surface area contributed by atoms with Gasteiger partial charge >= 0.3 is 6.36 Å². The fraction of sp³-hybridized carbons (Fsp3) is 0.286. The van der Waals surface area contributed by atoms with Crippen LogP contribution in [0.4, 0.5) is 18.9 Å². The summed E-state index contributed by atoms with van der Waals surface area (Å²) in [6.07, 6.45) is -3.93. The molecule has 78 valence electrons. The van der Waals surface area contributed by atoms with Gasteiger partial charge in [0.05, 0.1) is 24.2 Å². The molecule has 1 aromatic heterocycles. The third kappa shape index (κ3) is 2.77. The van der Waals surface area contributed by atoms with Crippen LogP contribution in [-0.4, -0.2) is 16.5 Å². The zero-order chi connectivity index (χ0) is 10.8. The van der Waals surface area contributed by atoms with E-state index in [4.69, 9.17) is 10.8 Å². The van der Waals surface area contributed by atoms with Gasteiger partial charge in [0.2, 0.25) is 0 Å². The molecule has 0 aliphatic rings. The van der Waals surface area contributed by atoms with Crippen LogP contribution in [0, 0.1) is 0 Å². The van der Waals surface area contributed by atoms with E-state index >= 15 is 0 Å². The number of aliphatic hydroxyl groups is 1. The molecule has 0 aromatic carbocycles. The smallest absolute Gasteiger partial charge is 0.404 e. The van der Waals surface area contributed by atoms with Gasteiger partial charge in [0.25, 0.3) is 0 Å². The van der Waals surface area contributed by atoms with Gasteiger partial charge in [0.15, 0.2) is 0 Å². The van der Waals surface area contributed by atoms with Gasteiger partial charge in [-0.1, -0.05) is 0 Å². The average molecular weight is 208 g/mol. The molecule has 0 aliphatic heterocycles. The Kier molecular flexibility index (Phi) is 2.80. The summed E-state index contributed by atoms with van der Waals surface area (Å²) in [7, 11) is 0. The zero-order valence-corrected chi connectivity index (χ0v) is 6.88. The van der Waals surface area contributed by atoms with Crippen LogP contribution in [0.2, 0.25) is 0 Å². The minimum absolute atomic E-state index is 0.0470. The maximum Gasteiger partial charge on any atom is 0.573 e. The minimum Gasteiger partial charge on any atom is -0.404 e. The topological polar surface area (TPSA) is 68.4 Å². The predicted octanol–water partition coefficient (Wildman–Crippen LogP) is 1.05. The lowest BCUT2D eigenvalue weighted by Gasteiger charge is -2.09. The Bertz CT molecular complexity index is 327. The molecule has 7 heteroatoms. The third-order valence-corrected chi connectivity index (χ3v) is 1.36. The molecule has 4 nitrogen and oxygen atoms in total. The molecule has 0 saturated heterocycles. The van der Waals surface area contributed by atoms with E-state index in [-0.39, 0.29) is 11.4 Å². The molecular weight excluding hydrogens is 201 g/mol. The second-order valence-electron chi connectivity index (χ2n) is 2.41. The molecule has 3 N–H and O–H groups in total. The van der Waals surface area contributed by atoms with Crippen molar-refractivity contribution < 1.29 is 23.0 Å². The van der Waals surface area contributed by atoms with E-state index in [0.717, 1.165) is 12.3 Å². The second-order valence-corrected chi connectivity index (χ2v) is 2.41. The first kappa shape index (κ1) is 10.6. The van der Waals surface area contributed by atoms with Crippen LogP contribution in [0.5, 0.6) is 5.75 Å². The van der Waals surface area contributed by atoms with Gasteiger partial charge in [-0.2, -0.15) is 0 Å². The molecule has 0 amide bonds. The van der Waals surface area contributed by atoms with Gasteiger partial charge in [-0.15, -0.1) is 13.2 Å². The first-order valence-electron chi connectivity index (χ1n) is 3.53. The van der Waals surface area contributed by atoms with E-state index in [9.17, 15) is 13.2 Å². The lowest BCUT2D eigenvalue weighted by Crippen LogP contribution is -2.17. The highest BCUT2D eigenvalue weighted by atomic mass is 19.4. The Labute approximate surface area is 77.1 Å². The van der Waals surface area contributed by atoms with Crippen LogP contribution in [0.25, 0.3) is 0 Å². The SMILES string of the molecule is Nc1cc(OC(F)(F)F)cnc1CO. The summed E-state index contributed by atoms with van der Waals surface area (Å²) < 4.78 is 38.7. The number of halogens is 3. The summed E-state index contributed by atoms with van der Waals surface area (Å²) in [5, 5.41) is 8.64. The summed E-state index contributed by atoms with van der Waals surface area (Å²) in [5.41, 5.74) is 5.34. The van der Waals surface area contributed by atoms with Crippen molar-refractivity contribution in [1.29, 1.82) is 0 Å². The first-order valence-corrected chi connectivity index (χ1v) is 3.53. The minimum atomic E-state index is -4.77. The van der Waals surface area contributed by atoms with E-state index in [1.807, 2.05) is 0 Å². The maximum atomic E-state index is 11.7. The molecule has 1 aromatic rings. The van der Waals surface area contributed by atoms with Crippen molar-refractivity contribution in [3.8, 4) is 5.75 Å². The Morgan fingerprint density at radius 1 is 1.50 bits per heavy atom. The fourth-order valence-electron chi connectivity index (χ4n) is 0.811. The number of hydrogen-bond acceptors (Lipinski definition) is 4. The fourth-order valence-corrected chi connectivity index (χ4v) is 0.811. The number of aromatic nitrogens is 1. The predicted molar refractivity (Wildman–Crippen MR) is 41.3 cm³/mol. The van der Waals surface area contributed by atoms with Crippen LogP contribution in [0.3, 0.4) is 0 Å². The molecule has 1 heterocycles. The van der Waals surface area contributed by atoms with Crippen molar-refractivity contribution in [2.45, 2.75) is 13.0 Å². The highest BCUT2D eigenvalue weighted by Gasteiger charge is 2.31. The highest BCUT2D eigenvalue weighted by molar-refractivity contribution is 5.46. The van der Waals surface area contributed by atoms with Crippen molar-refractivity contribution in [1.82, 2.24) is 4.98 Å². The largest absolute Gasteiger partial charge is 0.573 e. The van der Waals surface area contributed by atoms with E-state index < -0.39 is 18.7 Å². The number of nitrogens with zero attached hydrogens (tertiary/aromatic N) is 1. The molecule has 0 saturated carbocycles. The number of nitrogens with two attached hydrogens (primary N) is 1. The zero-order valence-electron chi connectivity index (χ0n) is 6.88. The number of hydrogen-bond donors (Lipinski definition) is 2. The lowest BCUT2D eigenvalue weighted by molar-refractivity contribution is -0.274. The van der Waals surface area contributed by atoms with Gasteiger partial charge in [0, 0.05) is 6.07 Å². The standard InChI is InChI=1S/C7H7F3N2O2/c8-7(9,10)14-4-1-5(11)6(3-13)12-2-4/h1-2,13H,3,11H2. The van der Waals surface area contributed by atoms with E-state index in [2.05, 4.69) is 9.72 Å². The summed E-state index contributed by atoms with van der Waals surface area (Å²) in [6.45, 7) is -0.432. The van der Waals surface area contributed by atoms with Gasteiger partial charge < -0.3 is 15.6 Å². The van der Waals surface area contributed by atoms with Gasteiger partial charge in [-0.25, -0.2) is 0 Å². The number of ether oxygens (including phenoxy) is 1. The average Bonchev–Trinajstić information content (AvgIpc) is 2.01. The summed E-state index contributed by atoms with van der Waals surface area (Å²) in [6, 6.07) is 0.950. The Balaban J connectivity index is 2.87. The normalized spacial score (nSPS) is 11.4. The van der Waals surface area contributed by atoms with Crippen molar-refractivity contribution in [2.24, 2.45) is 0 Å². The van der Waals surface area contributed by atoms with E-state index in [1.54, 1.807) is 0 Å². The molecule has 0 radical (unpaired) electrons. The van der Waals surface area contributed by atoms with Crippen LogP contribution in [0.15, 0.2) is 12.3 Å². The number of rotatable bonds is 2. The molecule has 1 rings (SSSR count). The number of alkyl halides is 3. The number of nitrogen functional groups attached to an aromatic ring is 1. The Hall–Kier alpha value is -1.50. The quantitative estimate of drug-likeness (QED) is 0.762. The molecule has 0 unspecified atom stereocenters. The van der Waals surface area contributed by atoms with Gasteiger partial charge in [0.1, 0.15) is 5.75 Å². The lowest BCUT2D eigenvalue weighted by atomic mass is 10.3. The number of aliphatic hydroxyl groups excluding tert-OH is 1. The first-order chi connectivity index (χ1) is 6.42. The van der Waals surface area contributed by atoms with Crippen molar-refractivity contribution >= 4 is 5.69 Å². The van der Waals surface area contributed by atoms with Crippen molar-refractivity contribution in [2.75, 3.05) is 5.73 Å². The molecular formula is C7H7F3N2O2. The second kappa shape index (κ2) is 3.70. The third-order valence-electron chi connectivity index (χ3n) is 1.36. The molecule has 14 heavy (non-hydrogen) atoms. The Morgan fingerprint density at radius 2 is 2.14 bits per heavy atom. The van der Waals surface area contributed by atoms with E-state index in [1.165, 1.54) is 0 Å². The van der Waals surface area contributed by atoms with Crippen LogP contribution < -0.4 is 10.5 Å². The van der Waals surface area contributed by atoms with Crippen LogP contribution in [0.1, 0.15) is 5.69 Å². The Morgan fingerprint density at radius 3 is 2.57 bits per heavy atom. The van der Waals surface area contributed by atoms with Gasteiger partial charge in [-0.05, 0) is 0 Å². The van der Waals surface area contributed by atoms with Crippen LogP contribution in [-0.2, 0) is 6.61 Å². The van der Waals surface area contributed by atoms with E-state index in [0.29, 0.717) is 0 Å². The van der Waals surface area contributed by atoms with Crippen LogP contribution >= 0.6 is 0 Å². The molecule has 0 aliphatic carbocycles. The number of anilines is 1. The maximum absolute atomic E-state index is 11.7. The molecule has 0 bridgehead atoms. The highest BCUT2D eigenvalue weighted by Crippen LogP contribution is 2.24.